The molecule has 2 unspecified atom stereocenters. The van der Waals surface area contributed by atoms with Crippen molar-refractivity contribution in [3.05, 3.63) is 32.6 Å². The van der Waals surface area contributed by atoms with E-state index in [-0.39, 0.29) is 11.7 Å². The molecule has 1 N–H and O–H groups in total. The maximum Gasteiger partial charge on any atom is 0.328 e. The molecule has 0 spiro atoms. The van der Waals surface area contributed by atoms with E-state index >= 15 is 0 Å². The van der Waals surface area contributed by atoms with Gasteiger partial charge in [0.05, 0.1) is 19.3 Å². The molecule has 0 bridgehead atoms. The van der Waals surface area contributed by atoms with Crippen molar-refractivity contribution in [3.8, 4) is 6.07 Å². The third-order valence-corrected chi connectivity index (χ3v) is 3.99. The van der Waals surface area contributed by atoms with Crippen LogP contribution in [-0.2, 0) is 11.3 Å². The fraction of sp³-hybridized carbons (Fsp3) is 0.615. The Morgan fingerprint density at radius 3 is 3.15 bits per heavy atom. The first-order valence-electron chi connectivity index (χ1n) is 6.77. The number of morpholine rings is 1. The number of nitrogens with one attached hydrogen (secondary N) is 1. The molecule has 7 nitrogen and oxygen atoms in total. The number of aromatic nitrogens is 2. The zero-order chi connectivity index (χ0) is 14.1. The molecule has 106 valence electrons. The average Bonchev–Trinajstić information content (AvgIpc) is 2.89. The van der Waals surface area contributed by atoms with E-state index in [1.165, 1.54) is 23.6 Å². The van der Waals surface area contributed by atoms with Crippen LogP contribution in [-0.4, -0.2) is 46.3 Å². The number of ether oxygens (including phenoxy) is 1. The van der Waals surface area contributed by atoms with E-state index in [9.17, 15) is 9.59 Å². The van der Waals surface area contributed by atoms with Gasteiger partial charge in [-0.05, 0) is 19.4 Å². The molecule has 2 saturated heterocycles. The van der Waals surface area contributed by atoms with Gasteiger partial charge in [-0.1, -0.05) is 0 Å². The molecular weight excluding hydrogens is 260 g/mol. The Hall–Kier alpha value is -1.91. The topological polar surface area (TPSA) is 91.1 Å². The molecule has 0 aromatic carbocycles. The zero-order valence-electron chi connectivity index (χ0n) is 11.0. The van der Waals surface area contributed by atoms with Crippen molar-refractivity contribution in [3.63, 3.8) is 0 Å². The Balaban J connectivity index is 1.77. The average molecular weight is 276 g/mol. The van der Waals surface area contributed by atoms with Crippen LogP contribution >= 0.6 is 0 Å². The minimum absolute atomic E-state index is 0.0561. The fourth-order valence-corrected chi connectivity index (χ4v) is 2.94. The summed E-state index contributed by atoms with van der Waals surface area (Å²) in [6, 6.07) is 2.29. The van der Waals surface area contributed by atoms with Gasteiger partial charge >= 0.3 is 5.69 Å². The van der Waals surface area contributed by atoms with Crippen LogP contribution < -0.4 is 11.2 Å². The highest BCUT2D eigenvalue weighted by atomic mass is 16.5. The largest absolute Gasteiger partial charge is 0.373 e. The monoisotopic (exact) mass is 276 g/mol. The first-order valence-corrected chi connectivity index (χ1v) is 6.77. The smallest absolute Gasteiger partial charge is 0.328 e. The second kappa shape index (κ2) is 5.23. The molecule has 2 fully saturated rings. The SMILES string of the molecule is N#Cc1cn(CC2CN3CCCC3CO2)c(=O)[nH]c1=O. The second-order valence-electron chi connectivity index (χ2n) is 5.31. The fourth-order valence-electron chi connectivity index (χ4n) is 2.94. The summed E-state index contributed by atoms with van der Waals surface area (Å²) in [5.74, 6) is 0. The van der Waals surface area contributed by atoms with Crippen molar-refractivity contribution in [1.82, 2.24) is 14.5 Å². The molecule has 0 saturated carbocycles. The van der Waals surface area contributed by atoms with Gasteiger partial charge in [-0.2, -0.15) is 5.26 Å². The molecular formula is C13H16N4O3. The van der Waals surface area contributed by atoms with Gasteiger partial charge in [0.15, 0.2) is 0 Å². The van der Waals surface area contributed by atoms with Gasteiger partial charge in [-0.15, -0.1) is 0 Å². The maximum absolute atomic E-state index is 11.7. The van der Waals surface area contributed by atoms with Gasteiger partial charge < -0.3 is 4.74 Å². The van der Waals surface area contributed by atoms with Crippen LogP contribution in [0.5, 0.6) is 0 Å². The maximum atomic E-state index is 11.7. The van der Waals surface area contributed by atoms with Gasteiger partial charge in [0.25, 0.3) is 5.56 Å². The van der Waals surface area contributed by atoms with Crippen molar-refractivity contribution < 1.29 is 4.74 Å². The lowest BCUT2D eigenvalue weighted by atomic mass is 10.2. The van der Waals surface area contributed by atoms with Crippen molar-refractivity contribution in [2.24, 2.45) is 0 Å². The number of hydrogen-bond donors (Lipinski definition) is 1. The highest BCUT2D eigenvalue weighted by Crippen LogP contribution is 2.22. The van der Waals surface area contributed by atoms with Crippen molar-refractivity contribution >= 4 is 0 Å². The molecule has 20 heavy (non-hydrogen) atoms. The third-order valence-electron chi connectivity index (χ3n) is 3.99. The Morgan fingerprint density at radius 2 is 2.35 bits per heavy atom. The zero-order valence-corrected chi connectivity index (χ0v) is 11.0. The summed E-state index contributed by atoms with van der Waals surface area (Å²) in [4.78, 5) is 27.6. The number of H-pyrrole nitrogens is 1. The highest BCUT2D eigenvalue weighted by molar-refractivity contribution is 5.21. The molecule has 2 aliphatic rings. The van der Waals surface area contributed by atoms with E-state index in [1.807, 2.05) is 0 Å². The minimum Gasteiger partial charge on any atom is -0.373 e. The number of nitriles is 1. The van der Waals surface area contributed by atoms with E-state index in [2.05, 4.69) is 9.88 Å². The summed E-state index contributed by atoms with van der Waals surface area (Å²) in [5, 5.41) is 8.84. The van der Waals surface area contributed by atoms with Crippen molar-refractivity contribution in [2.75, 3.05) is 19.7 Å². The summed E-state index contributed by atoms with van der Waals surface area (Å²) in [5.41, 5.74) is -1.20. The Bertz CT molecular complexity index is 657. The van der Waals surface area contributed by atoms with Crippen molar-refractivity contribution in [2.45, 2.75) is 31.5 Å². The highest BCUT2D eigenvalue weighted by Gasteiger charge is 2.32. The molecule has 1 aromatic rings. The van der Waals surface area contributed by atoms with Crippen LogP contribution in [0, 0.1) is 11.3 Å². The molecule has 2 atom stereocenters. The lowest BCUT2D eigenvalue weighted by Gasteiger charge is -2.35. The first-order chi connectivity index (χ1) is 9.67. The standard InChI is InChI=1S/C13H16N4O3/c14-4-9-5-17(13(19)15-12(9)18)7-11-6-16-3-1-2-10(16)8-20-11/h5,10-11H,1-3,6-8H2,(H,15,18,19). The molecule has 3 rings (SSSR count). The number of fused-ring (bicyclic) bond motifs is 1. The van der Waals surface area contributed by atoms with Gasteiger partial charge in [0.2, 0.25) is 0 Å². The predicted octanol–water partition coefficient (Wildman–Crippen LogP) is -0.729. The van der Waals surface area contributed by atoms with Gasteiger partial charge in [0.1, 0.15) is 11.6 Å². The van der Waals surface area contributed by atoms with Crippen LogP contribution in [0.25, 0.3) is 0 Å². The lowest BCUT2D eigenvalue weighted by Crippen LogP contribution is -2.48. The molecule has 0 amide bonds. The Labute approximate surface area is 115 Å². The lowest BCUT2D eigenvalue weighted by molar-refractivity contribution is -0.0556. The van der Waals surface area contributed by atoms with E-state index in [0.717, 1.165) is 13.1 Å². The quantitative estimate of drug-likeness (QED) is 0.769. The van der Waals surface area contributed by atoms with Crippen LogP contribution in [0.15, 0.2) is 15.8 Å². The van der Waals surface area contributed by atoms with Crippen LogP contribution in [0.4, 0.5) is 0 Å². The summed E-state index contributed by atoms with van der Waals surface area (Å²) in [7, 11) is 0. The summed E-state index contributed by atoms with van der Waals surface area (Å²) in [6.45, 7) is 2.91. The van der Waals surface area contributed by atoms with E-state index in [0.29, 0.717) is 19.2 Å². The number of rotatable bonds is 2. The molecule has 0 radical (unpaired) electrons. The summed E-state index contributed by atoms with van der Waals surface area (Å²) in [6.07, 6.45) is 3.59. The van der Waals surface area contributed by atoms with Crippen LogP contribution in [0.3, 0.4) is 0 Å². The third kappa shape index (κ3) is 2.40. The Morgan fingerprint density at radius 1 is 1.50 bits per heavy atom. The minimum atomic E-state index is -0.641. The molecule has 7 heteroatoms. The number of aromatic amines is 1. The van der Waals surface area contributed by atoms with E-state index in [4.69, 9.17) is 10.00 Å². The van der Waals surface area contributed by atoms with Crippen molar-refractivity contribution in [1.29, 1.82) is 5.26 Å². The normalized spacial score (nSPS) is 26.1. The molecule has 3 heterocycles. The Kier molecular flexibility index (Phi) is 3.42. The number of nitrogens with zero attached hydrogens (tertiary/aromatic N) is 3. The second-order valence-corrected chi connectivity index (χ2v) is 5.31. The molecule has 2 aliphatic heterocycles. The first kappa shape index (κ1) is 13.1. The molecule has 0 aliphatic carbocycles. The van der Waals surface area contributed by atoms with Gasteiger partial charge in [-0.3, -0.25) is 19.2 Å². The summed E-state index contributed by atoms with van der Waals surface area (Å²) < 4.78 is 7.13. The van der Waals surface area contributed by atoms with Crippen LogP contribution in [0.2, 0.25) is 0 Å². The molecule has 1 aromatic heterocycles. The van der Waals surface area contributed by atoms with Crippen LogP contribution in [0.1, 0.15) is 18.4 Å². The summed E-state index contributed by atoms with van der Waals surface area (Å²) >= 11 is 0. The number of hydrogen-bond acceptors (Lipinski definition) is 5. The van der Waals surface area contributed by atoms with E-state index in [1.54, 1.807) is 6.07 Å². The van der Waals surface area contributed by atoms with Gasteiger partial charge in [0, 0.05) is 18.8 Å². The predicted molar refractivity (Wildman–Crippen MR) is 70.4 cm³/mol. The van der Waals surface area contributed by atoms with E-state index < -0.39 is 11.2 Å². The van der Waals surface area contributed by atoms with Gasteiger partial charge in [-0.25, -0.2) is 4.79 Å².